The Kier molecular flexibility index (Phi) is 5.09. The summed E-state index contributed by atoms with van der Waals surface area (Å²) >= 11 is 0. The minimum atomic E-state index is -1.04. The molecule has 0 fully saturated rings. The second-order valence-corrected chi connectivity index (χ2v) is 6.39. The lowest BCUT2D eigenvalue weighted by Crippen LogP contribution is -2.22. The Hall–Kier alpha value is -4.25. The quantitative estimate of drug-likeness (QED) is 0.503. The molecule has 4 rings (SSSR count). The van der Waals surface area contributed by atoms with Gasteiger partial charge in [-0.1, -0.05) is 6.07 Å². The van der Waals surface area contributed by atoms with Crippen molar-refractivity contribution in [3.63, 3.8) is 0 Å². The Bertz CT molecular complexity index is 1280. The van der Waals surface area contributed by atoms with Gasteiger partial charge in [0, 0.05) is 11.3 Å². The third-order valence-corrected chi connectivity index (χ3v) is 4.32. The number of carbonyl (C=O) groups excluding carboxylic acids is 1. The van der Waals surface area contributed by atoms with Crippen LogP contribution in [0.2, 0.25) is 0 Å². The van der Waals surface area contributed by atoms with Gasteiger partial charge in [-0.25, -0.2) is 13.8 Å². The first kappa shape index (κ1) is 19.1. The number of anilines is 2. The standard InChI is InChI=1S/C22H14F2N4O2/c23-16-2-1-3-17(21(16)24)26-12-20(29)27-15-8-9-19-18(10-15)28-22(30-19)14-6-4-13(11-25)5-7-14/h1-10,26H,12H2,(H,27,29). The highest BCUT2D eigenvalue weighted by atomic mass is 19.2. The first-order valence-electron chi connectivity index (χ1n) is 8.92. The molecule has 0 bridgehead atoms. The lowest BCUT2D eigenvalue weighted by atomic mass is 10.1. The number of nitrogens with one attached hydrogen (secondary N) is 2. The molecular formula is C22H14F2N4O2. The molecule has 148 valence electrons. The third-order valence-electron chi connectivity index (χ3n) is 4.32. The number of nitriles is 1. The largest absolute Gasteiger partial charge is 0.436 e. The summed E-state index contributed by atoms with van der Waals surface area (Å²) in [7, 11) is 0. The van der Waals surface area contributed by atoms with Crippen LogP contribution in [-0.4, -0.2) is 17.4 Å². The number of oxazole rings is 1. The molecule has 1 aromatic heterocycles. The molecule has 0 aliphatic carbocycles. The Labute approximate surface area is 169 Å². The van der Waals surface area contributed by atoms with Crippen LogP contribution < -0.4 is 10.6 Å². The minimum absolute atomic E-state index is 0.0934. The van der Waals surface area contributed by atoms with E-state index in [9.17, 15) is 13.6 Å². The van der Waals surface area contributed by atoms with Crippen molar-refractivity contribution >= 4 is 28.4 Å². The zero-order valence-corrected chi connectivity index (χ0v) is 15.4. The van der Waals surface area contributed by atoms with E-state index in [2.05, 4.69) is 15.6 Å². The number of fused-ring (bicyclic) bond motifs is 1. The number of hydrogen-bond donors (Lipinski definition) is 2. The van der Waals surface area contributed by atoms with E-state index in [-0.39, 0.29) is 12.2 Å². The fourth-order valence-electron chi connectivity index (χ4n) is 2.84. The van der Waals surface area contributed by atoms with Crippen molar-refractivity contribution in [1.82, 2.24) is 4.98 Å². The number of amides is 1. The lowest BCUT2D eigenvalue weighted by molar-refractivity contribution is -0.114. The van der Waals surface area contributed by atoms with Crippen molar-refractivity contribution < 1.29 is 18.0 Å². The maximum atomic E-state index is 13.6. The number of nitrogens with zero attached hydrogens (tertiary/aromatic N) is 2. The van der Waals surface area contributed by atoms with Gasteiger partial charge in [0.25, 0.3) is 0 Å². The molecule has 8 heteroatoms. The monoisotopic (exact) mass is 404 g/mol. The van der Waals surface area contributed by atoms with Crippen molar-refractivity contribution in [1.29, 1.82) is 5.26 Å². The topological polar surface area (TPSA) is 91.0 Å². The normalized spacial score (nSPS) is 10.6. The molecule has 0 unspecified atom stereocenters. The van der Waals surface area contributed by atoms with E-state index in [1.165, 1.54) is 12.1 Å². The fourth-order valence-corrected chi connectivity index (χ4v) is 2.84. The summed E-state index contributed by atoms with van der Waals surface area (Å²) < 4.78 is 32.6. The van der Waals surface area contributed by atoms with E-state index in [4.69, 9.17) is 9.68 Å². The van der Waals surface area contributed by atoms with Crippen LogP contribution in [0.5, 0.6) is 0 Å². The van der Waals surface area contributed by atoms with Gasteiger partial charge in [-0.3, -0.25) is 4.79 Å². The summed E-state index contributed by atoms with van der Waals surface area (Å²) in [4.78, 5) is 16.6. The van der Waals surface area contributed by atoms with Gasteiger partial charge in [0.15, 0.2) is 17.2 Å². The molecule has 4 aromatic rings. The zero-order chi connectivity index (χ0) is 21.1. The van der Waals surface area contributed by atoms with Crippen LogP contribution in [0.4, 0.5) is 20.2 Å². The Morgan fingerprint density at radius 1 is 1.10 bits per heavy atom. The molecular weight excluding hydrogens is 390 g/mol. The van der Waals surface area contributed by atoms with Crippen molar-refractivity contribution in [3.05, 3.63) is 77.9 Å². The molecule has 0 atom stereocenters. The van der Waals surface area contributed by atoms with E-state index in [0.29, 0.717) is 28.2 Å². The van der Waals surface area contributed by atoms with E-state index in [1.54, 1.807) is 42.5 Å². The predicted molar refractivity (Wildman–Crippen MR) is 108 cm³/mol. The average Bonchev–Trinajstić information content (AvgIpc) is 3.18. The highest BCUT2D eigenvalue weighted by Gasteiger charge is 2.12. The van der Waals surface area contributed by atoms with E-state index in [0.717, 1.165) is 11.6 Å². The number of benzene rings is 3. The Balaban J connectivity index is 1.46. The molecule has 30 heavy (non-hydrogen) atoms. The van der Waals surface area contributed by atoms with Gasteiger partial charge < -0.3 is 15.1 Å². The maximum Gasteiger partial charge on any atom is 0.243 e. The molecule has 1 amide bonds. The number of halogens is 2. The van der Waals surface area contributed by atoms with Gasteiger partial charge in [0.1, 0.15) is 5.52 Å². The second-order valence-electron chi connectivity index (χ2n) is 6.39. The summed E-state index contributed by atoms with van der Waals surface area (Å²) in [6.07, 6.45) is 0. The maximum absolute atomic E-state index is 13.6. The molecule has 6 nitrogen and oxygen atoms in total. The van der Waals surface area contributed by atoms with Crippen molar-refractivity contribution in [2.75, 3.05) is 17.2 Å². The molecule has 2 N–H and O–H groups in total. The highest BCUT2D eigenvalue weighted by Crippen LogP contribution is 2.26. The lowest BCUT2D eigenvalue weighted by Gasteiger charge is -2.08. The first-order valence-corrected chi connectivity index (χ1v) is 8.92. The predicted octanol–water partition coefficient (Wildman–Crippen LogP) is 4.70. The molecule has 0 saturated carbocycles. The SMILES string of the molecule is N#Cc1ccc(-c2nc3cc(NC(=O)CNc4cccc(F)c4F)ccc3o2)cc1. The smallest absolute Gasteiger partial charge is 0.243 e. The van der Waals surface area contributed by atoms with E-state index >= 15 is 0 Å². The van der Waals surface area contributed by atoms with Crippen LogP contribution in [0, 0.1) is 23.0 Å². The summed E-state index contributed by atoms with van der Waals surface area (Å²) in [5, 5.41) is 14.1. The minimum Gasteiger partial charge on any atom is -0.436 e. The van der Waals surface area contributed by atoms with Crippen LogP contribution in [0.1, 0.15) is 5.56 Å². The van der Waals surface area contributed by atoms with Crippen LogP contribution in [0.3, 0.4) is 0 Å². The number of aromatic nitrogens is 1. The van der Waals surface area contributed by atoms with Gasteiger partial charge in [0.2, 0.25) is 11.8 Å². The number of carbonyl (C=O) groups is 1. The van der Waals surface area contributed by atoms with Gasteiger partial charge in [0.05, 0.1) is 23.9 Å². The first-order chi connectivity index (χ1) is 14.5. The molecule has 3 aromatic carbocycles. The molecule has 0 aliphatic rings. The van der Waals surface area contributed by atoms with Gasteiger partial charge in [-0.15, -0.1) is 0 Å². The highest BCUT2D eigenvalue weighted by molar-refractivity contribution is 5.95. The molecule has 0 aliphatic heterocycles. The molecule has 0 radical (unpaired) electrons. The molecule has 0 saturated heterocycles. The summed E-state index contributed by atoms with van der Waals surface area (Å²) in [5.74, 6) is -2.07. The van der Waals surface area contributed by atoms with Crippen LogP contribution in [0.25, 0.3) is 22.6 Å². The van der Waals surface area contributed by atoms with Crippen LogP contribution in [0.15, 0.2) is 65.1 Å². The summed E-state index contributed by atoms with van der Waals surface area (Å²) in [6.45, 7) is -0.242. The molecule has 1 heterocycles. The Morgan fingerprint density at radius 2 is 1.90 bits per heavy atom. The summed E-state index contributed by atoms with van der Waals surface area (Å²) in [6, 6.07) is 17.5. The summed E-state index contributed by atoms with van der Waals surface area (Å²) in [5.41, 5.74) is 2.71. The zero-order valence-electron chi connectivity index (χ0n) is 15.4. The number of rotatable bonds is 5. The van der Waals surface area contributed by atoms with E-state index in [1.807, 2.05) is 6.07 Å². The fraction of sp³-hybridized carbons (Fsp3) is 0.0455. The van der Waals surface area contributed by atoms with Crippen LogP contribution >= 0.6 is 0 Å². The third kappa shape index (κ3) is 3.95. The van der Waals surface area contributed by atoms with Crippen molar-refractivity contribution in [3.8, 4) is 17.5 Å². The van der Waals surface area contributed by atoms with Crippen molar-refractivity contribution in [2.24, 2.45) is 0 Å². The average molecular weight is 404 g/mol. The second kappa shape index (κ2) is 8.01. The van der Waals surface area contributed by atoms with Gasteiger partial charge in [-0.2, -0.15) is 5.26 Å². The van der Waals surface area contributed by atoms with Crippen LogP contribution in [-0.2, 0) is 4.79 Å². The van der Waals surface area contributed by atoms with Crippen molar-refractivity contribution in [2.45, 2.75) is 0 Å². The van der Waals surface area contributed by atoms with Gasteiger partial charge >= 0.3 is 0 Å². The Morgan fingerprint density at radius 3 is 2.67 bits per heavy atom. The molecule has 0 spiro atoms. The van der Waals surface area contributed by atoms with Gasteiger partial charge in [-0.05, 0) is 54.6 Å². The van der Waals surface area contributed by atoms with E-state index < -0.39 is 17.5 Å². The number of hydrogen-bond acceptors (Lipinski definition) is 5.